The Morgan fingerprint density at radius 3 is 2.69 bits per heavy atom. The van der Waals surface area contributed by atoms with Gasteiger partial charge in [0.2, 0.25) is 11.7 Å². The van der Waals surface area contributed by atoms with Crippen molar-refractivity contribution in [2.24, 2.45) is 0 Å². The number of aromatic nitrogens is 3. The van der Waals surface area contributed by atoms with Crippen LogP contribution in [0, 0.1) is 0 Å². The Kier molecular flexibility index (Phi) is 6.08. The standard InChI is InChI=1S/C18H22N6O2/c25-16-13-24(18(26)17-21-10-4-11-22-17)12-2-6-14-5-1-7-15(23-14)19-8-3-9-20-16/h1,4-5,7,10-11H,2-3,6,8-9,12-13H2,(H,19,23)(H,20,25). The molecule has 0 atom stereocenters. The summed E-state index contributed by atoms with van der Waals surface area (Å²) in [5, 5.41) is 6.10. The van der Waals surface area contributed by atoms with Crippen LogP contribution in [0.5, 0.6) is 0 Å². The van der Waals surface area contributed by atoms with E-state index in [9.17, 15) is 9.59 Å². The zero-order valence-electron chi connectivity index (χ0n) is 14.5. The number of nitrogens with one attached hydrogen (secondary N) is 2. The zero-order valence-corrected chi connectivity index (χ0v) is 14.5. The van der Waals surface area contributed by atoms with Crippen molar-refractivity contribution in [1.29, 1.82) is 0 Å². The minimum atomic E-state index is -0.337. The van der Waals surface area contributed by atoms with Crippen LogP contribution in [-0.4, -0.2) is 57.8 Å². The van der Waals surface area contributed by atoms with Crippen molar-refractivity contribution >= 4 is 17.6 Å². The van der Waals surface area contributed by atoms with Gasteiger partial charge >= 0.3 is 0 Å². The molecule has 2 N–H and O–H groups in total. The fourth-order valence-corrected chi connectivity index (χ4v) is 2.73. The predicted octanol–water partition coefficient (Wildman–Crippen LogP) is 0.878. The Bertz CT molecular complexity index is 752. The Morgan fingerprint density at radius 1 is 1.04 bits per heavy atom. The fourth-order valence-electron chi connectivity index (χ4n) is 2.73. The van der Waals surface area contributed by atoms with Gasteiger partial charge in [0, 0.05) is 37.7 Å². The van der Waals surface area contributed by atoms with Crippen molar-refractivity contribution in [2.45, 2.75) is 19.3 Å². The smallest absolute Gasteiger partial charge is 0.292 e. The molecule has 2 aromatic rings. The predicted molar refractivity (Wildman–Crippen MR) is 96.6 cm³/mol. The molecule has 2 bridgehead atoms. The molecular formula is C18H22N6O2. The van der Waals surface area contributed by atoms with Crippen LogP contribution in [0.15, 0.2) is 36.7 Å². The lowest BCUT2D eigenvalue weighted by Crippen LogP contribution is -2.42. The van der Waals surface area contributed by atoms with Crippen LogP contribution in [0.1, 0.15) is 29.2 Å². The topological polar surface area (TPSA) is 100 Å². The number of carbonyl (C=O) groups is 2. The molecule has 3 rings (SSSR count). The molecule has 3 heterocycles. The lowest BCUT2D eigenvalue weighted by Gasteiger charge is -2.21. The van der Waals surface area contributed by atoms with Crippen molar-refractivity contribution in [3.63, 3.8) is 0 Å². The maximum Gasteiger partial charge on any atom is 0.292 e. The molecule has 0 saturated carbocycles. The summed E-state index contributed by atoms with van der Waals surface area (Å²) in [6.07, 6.45) is 5.23. The van der Waals surface area contributed by atoms with Gasteiger partial charge in [-0.15, -0.1) is 0 Å². The third-order valence-corrected chi connectivity index (χ3v) is 4.03. The van der Waals surface area contributed by atoms with Gasteiger partial charge in [0.25, 0.3) is 5.91 Å². The number of pyridine rings is 1. The van der Waals surface area contributed by atoms with Gasteiger partial charge in [0.15, 0.2) is 0 Å². The Labute approximate surface area is 152 Å². The van der Waals surface area contributed by atoms with E-state index in [0.29, 0.717) is 19.5 Å². The van der Waals surface area contributed by atoms with Gasteiger partial charge in [0.05, 0.1) is 6.54 Å². The van der Waals surface area contributed by atoms with Crippen LogP contribution < -0.4 is 10.6 Å². The summed E-state index contributed by atoms with van der Waals surface area (Å²) >= 11 is 0. The van der Waals surface area contributed by atoms with E-state index in [-0.39, 0.29) is 24.2 Å². The molecule has 0 unspecified atom stereocenters. The average molecular weight is 354 g/mol. The Hall–Kier alpha value is -3.03. The van der Waals surface area contributed by atoms with Crippen molar-refractivity contribution < 1.29 is 9.59 Å². The zero-order chi connectivity index (χ0) is 18.2. The van der Waals surface area contributed by atoms with Gasteiger partial charge < -0.3 is 15.5 Å². The monoisotopic (exact) mass is 354 g/mol. The highest BCUT2D eigenvalue weighted by molar-refractivity contribution is 5.93. The number of rotatable bonds is 1. The molecule has 0 radical (unpaired) electrons. The van der Waals surface area contributed by atoms with Crippen molar-refractivity contribution in [2.75, 3.05) is 31.5 Å². The first-order valence-electron chi connectivity index (χ1n) is 8.75. The van der Waals surface area contributed by atoms with Crippen LogP contribution in [0.3, 0.4) is 0 Å². The number of hydrogen-bond acceptors (Lipinski definition) is 6. The van der Waals surface area contributed by atoms with E-state index < -0.39 is 0 Å². The van der Waals surface area contributed by atoms with E-state index in [1.165, 1.54) is 17.3 Å². The molecule has 8 nitrogen and oxygen atoms in total. The highest BCUT2D eigenvalue weighted by atomic mass is 16.2. The molecule has 2 amide bonds. The molecule has 8 heteroatoms. The summed E-state index contributed by atoms with van der Waals surface area (Å²) in [4.78, 5) is 38.9. The van der Waals surface area contributed by atoms with Crippen molar-refractivity contribution in [3.8, 4) is 0 Å². The molecular weight excluding hydrogens is 332 g/mol. The quantitative estimate of drug-likeness (QED) is 0.788. The minimum Gasteiger partial charge on any atom is -0.370 e. The first kappa shape index (κ1) is 17.8. The number of carbonyl (C=O) groups excluding carboxylic acids is 2. The molecule has 26 heavy (non-hydrogen) atoms. The second-order valence-electron chi connectivity index (χ2n) is 6.05. The second kappa shape index (κ2) is 8.89. The lowest BCUT2D eigenvalue weighted by atomic mass is 10.2. The van der Waals surface area contributed by atoms with E-state index in [0.717, 1.165) is 30.9 Å². The number of amides is 2. The van der Waals surface area contributed by atoms with Crippen LogP contribution >= 0.6 is 0 Å². The van der Waals surface area contributed by atoms with Gasteiger partial charge in [-0.05, 0) is 37.5 Å². The maximum atomic E-state index is 12.7. The van der Waals surface area contributed by atoms with Gasteiger partial charge in [-0.25, -0.2) is 15.0 Å². The van der Waals surface area contributed by atoms with Crippen LogP contribution in [-0.2, 0) is 11.2 Å². The summed E-state index contributed by atoms with van der Waals surface area (Å²) in [7, 11) is 0. The third-order valence-electron chi connectivity index (χ3n) is 4.03. The molecule has 1 aliphatic rings. The Morgan fingerprint density at radius 2 is 1.85 bits per heavy atom. The minimum absolute atomic E-state index is 0.00200. The number of fused-ring (bicyclic) bond motifs is 2. The third kappa shape index (κ3) is 4.98. The maximum absolute atomic E-state index is 12.7. The molecule has 0 spiro atoms. The highest BCUT2D eigenvalue weighted by Crippen LogP contribution is 2.09. The van der Waals surface area contributed by atoms with Crippen LogP contribution in [0.25, 0.3) is 0 Å². The van der Waals surface area contributed by atoms with Gasteiger partial charge in [-0.3, -0.25) is 9.59 Å². The lowest BCUT2D eigenvalue weighted by molar-refractivity contribution is -0.121. The molecule has 2 aromatic heterocycles. The van der Waals surface area contributed by atoms with E-state index >= 15 is 0 Å². The van der Waals surface area contributed by atoms with Gasteiger partial charge in [-0.1, -0.05) is 6.07 Å². The SMILES string of the molecule is O=C1CN(C(=O)c2ncccn2)CCCc2cccc(n2)NCCCN1. The molecule has 0 saturated heterocycles. The molecule has 1 aliphatic heterocycles. The molecule has 0 aliphatic carbocycles. The molecule has 0 fully saturated rings. The van der Waals surface area contributed by atoms with Crippen LogP contribution in [0.2, 0.25) is 0 Å². The van der Waals surface area contributed by atoms with Gasteiger partial charge in [-0.2, -0.15) is 0 Å². The number of aryl methyl sites for hydroxylation is 1. The summed E-state index contributed by atoms with van der Waals surface area (Å²) < 4.78 is 0. The Balaban J connectivity index is 1.74. The normalized spacial score (nSPS) is 16.2. The summed E-state index contributed by atoms with van der Waals surface area (Å²) in [6, 6.07) is 7.52. The van der Waals surface area contributed by atoms with E-state index in [1.807, 2.05) is 18.2 Å². The summed E-state index contributed by atoms with van der Waals surface area (Å²) in [5.41, 5.74) is 0.958. The number of nitrogens with zero attached hydrogens (tertiary/aromatic N) is 4. The van der Waals surface area contributed by atoms with Crippen molar-refractivity contribution in [3.05, 3.63) is 48.2 Å². The van der Waals surface area contributed by atoms with E-state index in [2.05, 4.69) is 25.6 Å². The largest absolute Gasteiger partial charge is 0.370 e. The number of anilines is 1. The first-order valence-corrected chi connectivity index (χ1v) is 8.75. The second-order valence-corrected chi connectivity index (χ2v) is 6.05. The first-order chi connectivity index (χ1) is 12.7. The average Bonchev–Trinajstić information content (AvgIpc) is 2.67. The van der Waals surface area contributed by atoms with E-state index in [4.69, 9.17) is 0 Å². The van der Waals surface area contributed by atoms with Crippen LogP contribution in [0.4, 0.5) is 5.82 Å². The summed E-state index contributed by atoms with van der Waals surface area (Å²) in [6.45, 7) is 1.69. The highest BCUT2D eigenvalue weighted by Gasteiger charge is 2.20. The summed E-state index contributed by atoms with van der Waals surface area (Å²) in [5.74, 6) is 0.418. The molecule has 0 aromatic carbocycles. The fraction of sp³-hybridized carbons (Fsp3) is 0.389. The number of hydrogen-bond donors (Lipinski definition) is 2. The molecule has 136 valence electrons. The van der Waals surface area contributed by atoms with Crippen molar-refractivity contribution in [1.82, 2.24) is 25.2 Å². The van der Waals surface area contributed by atoms with Gasteiger partial charge in [0.1, 0.15) is 5.82 Å². The van der Waals surface area contributed by atoms with E-state index in [1.54, 1.807) is 6.07 Å².